The molecule has 0 spiro atoms. The van der Waals surface area contributed by atoms with Crippen LogP contribution in [-0.2, 0) is 10.0 Å². The highest BCUT2D eigenvalue weighted by molar-refractivity contribution is 7.92. The van der Waals surface area contributed by atoms with E-state index in [1.807, 2.05) is 79.7 Å². The zero-order valence-corrected chi connectivity index (χ0v) is 17.0. The molecule has 0 aliphatic rings. The summed E-state index contributed by atoms with van der Waals surface area (Å²) in [5.41, 5.74) is 4.23. The Bertz CT molecular complexity index is 1250. The lowest BCUT2D eigenvalue weighted by atomic mass is 10.1. The molecule has 1 heterocycles. The zero-order chi connectivity index (χ0) is 20.4. The average Bonchev–Trinajstić information content (AvgIpc) is 3.03. The van der Waals surface area contributed by atoms with Crippen LogP contribution < -0.4 is 4.72 Å². The van der Waals surface area contributed by atoms with E-state index in [2.05, 4.69) is 9.82 Å². The van der Waals surface area contributed by atoms with Crippen molar-refractivity contribution in [3.8, 4) is 16.8 Å². The largest absolute Gasteiger partial charge is 0.276 e. The molecule has 6 heteroatoms. The van der Waals surface area contributed by atoms with E-state index in [4.69, 9.17) is 0 Å². The summed E-state index contributed by atoms with van der Waals surface area (Å²) in [6, 6.07) is 26.1. The lowest BCUT2D eigenvalue weighted by Crippen LogP contribution is -2.15. The fourth-order valence-electron chi connectivity index (χ4n) is 3.36. The van der Waals surface area contributed by atoms with Gasteiger partial charge in [0.05, 0.1) is 27.7 Å². The molecule has 29 heavy (non-hydrogen) atoms. The first kappa shape index (κ1) is 19.0. The Hall–Kier alpha value is -3.38. The van der Waals surface area contributed by atoms with E-state index in [0.717, 1.165) is 16.9 Å². The molecule has 0 radical (unpaired) electrons. The highest BCUT2D eigenvalue weighted by atomic mass is 32.2. The lowest BCUT2D eigenvalue weighted by Gasteiger charge is -2.13. The summed E-state index contributed by atoms with van der Waals surface area (Å²) in [4.78, 5) is 0.234. The number of anilines is 1. The monoisotopic (exact) mass is 403 g/mol. The van der Waals surface area contributed by atoms with Gasteiger partial charge in [0.25, 0.3) is 10.0 Å². The van der Waals surface area contributed by atoms with Crippen LogP contribution in [-0.4, -0.2) is 18.2 Å². The van der Waals surface area contributed by atoms with Crippen molar-refractivity contribution in [3.05, 3.63) is 96.3 Å². The second-order valence-electron chi connectivity index (χ2n) is 6.76. The maximum absolute atomic E-state index is 13.3. The topological polar surface area (TPSA) is 64.0 Å². The normalized spacial score (nSPS) is 11.4. The molecule has 0 saturated carbocycles. The predicted molar refractivity (Wildman–Crippen MR) is 116 cm³/mol. The first-order valence-corrected chi connectivity index (χ1v) is 10.7. The molecular weight excluding hydrogens is 382 g/mol. The van der Waals surface area contributed by atoms with E-state index >= 15 is 0 Å². The van der Waals surface area contributed by atoms with Crippen LogP contribution in [0.4, 0.5) is 5.69 Å². The number of sulfonamides is 1. The third kappa shape index (κ3) is 3.67. The van der Waals surface area contributed by atoms with Crippen molar-refractivity contribution in [2.24, 2.45) is 0 Å². The van der Waals surface area contributed by atoms with Crippen LogP contribution in [0.3, 0.4) is 0 Å². The average molecular weight is 404 g/mol. The standard InChI is InChI=1S/C23H21N3O2S/c1-17-23(18(2)26(24-17)20-13-7-4-8-14-20)25-29(27,28)22-16-10-9-15-21(22)19-11-5-3-6-12-19/h3-16,25H,1-2H3. The molecule has 4 aromatic rings. The Morgan fingerprint density at radius 1 is 0.793 bits per heavy atom. The van der Waals surface area contributed by atoms with Crippen molar-refractivity contribution in [3.63, 3.8) is 0 Å². The van der Waals surface area contributed by atoms with Gasteiger partial charge >= 0.3 is 0 Å². The van der Waals surface area contributed by atoms with E-state index in [0.29, 0.717) is 16.9 Å². The van der Waals surface area contributed by atoms with Gasteiger partial charge in [-0.2, -0.15) is 5.10 Å². The number of hydrogen-bond acceptors (Lipinski definition) is 3. The summed E-state index contributed by atoms with van der Waals surface area (Å²) >= 11 is 0. The number of aromatic nitrogens is 2. The smallest absolute Gasteiger partial charge is 0.262 e. The number of nitrogens with zero attached hydrogens (tertiary/aromatic N) is 2. The van der Waals surface area contributed by atoms with Gasteiger partial charge in [0.15, 0.2) is 0 Å². The fraction of sp³-hybridized carbons (Fsp3) is 0.0870. The van der Waals surface area contributed by atoms with Crippen molar-refractivity contribution in [1.29, 1.82) is 0 Å². The first-order chi connectivity index (χ1) is 14.0. The van der Waals surface area contributed by atoms with Gasteiger partial charge < -0.3 is 0 Å². The second-order valence-corrected chi connectivity index (χ2v) is 8.41. The minimum absolute atomic E-state index is 0.234. The minimum Gasteiger partial charge on any atom is -0.276 e. The van der Waals surface area contributed by atoms with Crippen LogP contribution in [0.2, 0.25) is 0 Å². The number of aryl methyl sites for hydroxylation is 1. The van der Waals surface area contributed by atoms with Gasteiger partial charge in [-0.15, -0.1) is 0 Å². The van der Waals surface area contributed by atoms with Crippen molar-refractivity contribution in [2.45, 2.75) is 18.7 Å². The van der Waals surface area contributed by atoms with Crippen molar-refractivity contribution in [2.75, 3.05) is 4.72 Å². The highest BCUT2D eigenvalue weighted by Crippen LogP contribution is 2.30. The zero-order valence-electron chi connectivity index (χ0n) is 16.2. The molecule has 1 N–H and O–H groups in total. The Morgan fingerprint density at radius 2 is 1.38 bits per heavy atom. The SMILES string of the molecule is Cc1nn(-c2ccccc2)c(C)c1NS(=O)(=O)c1ccccc1-c1ccccc1. The Labute approximate surface area is 170 Å². The van der Waals surface area contributed by atoms with Gasteiger partial charge in [-0.05, 0) is 37.6 Å². The number of nitrogens with one attached hydrogen (secondary N) is 1. The molecule has 3 aromatic carbocycles. The summed E-state index contributed by atoms with van der Waals surface area (Å²) in [6.07, 6.45) is 0. The van der Waals surface area contributed by atoms with Crippen molar-refractivity contribution < 1.29 is 8.42 Å². The highest BCUT2D eigenvalue weighted by Gasteiger charge is 2.23. The van der Waals surface area contributed by atoms with E-state index in [9.17, 15) is 8.42 Å². The Balaban J connectivity index is 1.76. The van der Waals surface area contributed by atoms with E-state index < -0.39 is 10.0 Å². The van der Waals surface area contributed by atoms with Gasteiger partial charge in [0, 0.05) is 5.56 Å². The molecule has 0 bridgehead atoms. The van der Waals surface area contributed by atoms with Crippen LogP contribution in [0, 0.1) is 13.8 Å². The molecule has 146 valence electrons. The van der Waals surface area contributed by atoms with E-state index in [1.165, 1.54) is 0 Å². The molecule has 0 amide bonds. The fourth-order valence-corrected chi connectivity index (χ4v) is 4.76. The van der Waals surface area contributed by atoms with Gasteiger partial charge in [0.2, 0.25) is 0 Å². The summed E-state index contributed by atoms with van der Waals surface area (Å²) in [7, 11) is -3.81. The predicted octanol–water partition coefficient (Wildman–Crippen LogP) is 4.96. The van der Waals surface area contributed by atoms with Gasteiger partial charge in [-0.1, -0.05) is 66.7 Å². The number of para-hydroxylation sites is 1. The number of rotatable bonds is 5. The van der Waals surface area contributed by atoms with Crippen molar-refractivity contribution in [1.82, 2.24) is 9.78 Å². The van der Waals surface area contributed by atoms with Crippen LogP contribution >= 0.6 is 0 Å². The molecule has 0 aliphatic heterocycles. The molecule has 0 unspecified atom stereocenters. The second kappa shape index (κ2) is 7.56. The van der Waals surface area contributed by atoms with Gasteiger partial charge in [0.1, 0.15) is 0 Å². The van der Waals surface area contributed by atoms with E-state index in [-0.39, 0.29) is 4.90 Å². The minimum atomic E-state index is -3.81. The Morgan fingerprint density at radius 3 is 2.07 bits per heavy atom. The molecule has 5 nitrogen and oxygen atoms in total. The molecule has 0 aliphatic carbocycles. The molecule has 4 rings (SSSR count). The molecule has 0 atom stereocenters. The molecule has 1 aromatic heterocycles. The third-order valence-electron chi connectivity index (χ3n) is 4.79. The summed E-state index contributed by atoms with van der Waals surface area (Å²) in [5, 5.41) is 4.53. The first-order valence-electron chi connectivity index (χ1n) is 9.26. The van der Waals surface area contributed by atoms with Crippen LogP contribution in [0.5, 0.6) is 0 Å². The van der Waals surface area contributed by atoms with Crippen LogP contribution in [0.15, 0.2) is 89.8 Å². The van der Waals surface area contributed by atoms with Crippen molar-refractivity contribution >= 4 is 15.7 Å². The summed E-state index contributed by atoms with van der Waals surface area (Å²) in [5.74, 6) is 0. The quantitative estimate of drug-likeness (QED) is 0.512. The Kier molecular flexibility index (Phi) is 4.94. The summed E-state index contributed by atoms with van der Waals surface area (Å²) in [6.45, 7) is 3.65. The maximum atomic E-state index is 13.3. The lowest BCUT2D eigenvalue weighted by molar-refractivity contribution is 0.601. The molecular formula is C23H21N3O2S. The third-order valence-corrected chi connectivity index (χ3v) is 6.20. The maximum Gasteiger partial charge on any atom is 0.262 e. The number of benzene rings is 3. The van der Waals surface area contributed by atoms with Crippen LogP contribution in [0.1, 0.15) is 11.4 Å². The molecule has 0 saturated heterocycles. The molecule has 0 fully saturated rings. The van der Waals surface area contributed by atoms with E-state index in [1.54, 1.807) is 23.7 Å². The number of hydrogen-bond donors (Lipinski definition) is 1. The van der Waals surface area contributed by atoms with Crippen LogP contribution in [0.25, 0.3) is 16.8 Å². The van der Waals surface area contributed by atoms with Gasteiger partial charge in [-0.3, -0.25) is 4.72 Å². The van der Waals surface area contributed by atoms with Gasteiger partial charge in [-0.25, -0.2) is 13.1 Å². The summed E-state index contributed by atoms with van der Waals surface area (Å²) < 4.78 is 31.1.